The number of carbonyl (C=O) groups excluding carboxylic acids is 1. The van der Waals surface area contributed by atoms with Gasteiger partial charge in [-0.05, 0) is 44.0 Å². The van der Waals surface area contributed by atoms with Gasteiger partial charge in [-0.1, -0.05) is 11.8 Å². The van der Waals surface area contributed by atoms with Crippen molar-refractivity contribution in [2.24, 2.45) is 5.92 Å². The number of rotatable bonds is 6. The summed E-state index contributed by atoms with van der Waals surface area (Å²) in [6, 6.07) is 9.67. The Bertz CT molecular complexity index is 1180. The maximum atomic E-state index is 11.9. The zero-order valence-corrected chi connectivity index (χ0v) is 16.4. The number of nitrogens with zero attached hydrogens (tertiary/aromatic N) is 5. The van der Waals surface area contributed by atoms with Crippen LogP contribution in [0.4, 0.5) is 17.6 Å². The molecule has 1 aromatic carbocycles. The lowest BCUT2D eigenvalue weighted by Gasteiger charge is -2.09. The highest BCUT2D eigenvalue weighted by Gasteiger charge is 2.29. The zero-order chi connectivity index (χ0) is 19.8. The van der Waals surface area contributed by atoms with E-state index in [-0.39, 0.29) is 11.8 Å². The topological polar surface area (TPSA) is 113 Å². The van der Waals surface area contributed by atoms with Gasteiger partial charge in [0.05, 0.1) is 0 Å². The highest BCUT2D eigenvalue weighted by atomic mass is 32.2. The average molecular weight is 406 g/mol. The van der Waals surface area contributed by atoms with Crippen LogP contribution in [0.3, 0.4) is 0 Å². The molecule has 0 atom stereocenters. The summed E-state index contributed by atoms with van der Waals surface area (Å²) in [5, 5.41) is 13.8. The molecule has 0 radical (unpaired) electrons. The molecule has 3 heterocycles. The van der Waals surface area contributed by atoms with E-state index in [1.54, 1.807) is 6.20 Å². The number of aromatic amines is 1. The number of nitrogens with one attached hydrogen (secondary N) is 3. The largest absolute Gasteiger partial charge is 0.326 e. The van der Waals surface area contributed by atoms with Gasteiger partial charge in [-0.2, -0.15) is 4.98 Å². The van der Waals surface area contributed by atoms with Gasteiger partial charge in [0, 0.05) is 35.0 Å². The number of hydrogen-bond donors (Lipinski definition) is 3. The molecule has 0 unspecified atom stereocenters. The first kappa shape index (κ1) is 17.7. The number of anilines is 3. The number of benzene rings is 1. The van der Waals surface area contributed by atoms with Crippen LogP contribution in [-0.4, -0.2) is 35.5 Å². The average Bonchev–Trinajstić information content (AvgIpc) is 3.32. The van der Waals surface area contributed by atoms with Gasteiger partial charge < -0.3 is 5.32 Å². The monoisotopic (exact) mass is 406 g/mol. The molecule has 1 saturated carbocycles. The Labute approximate surface area is 170 Å². The van der Waals surface area contributed by atoms with Crippen molar-refractivity contribution >= 4 is 40.9 Å². The second kappa shape index (κ2) is 7.21. The molecule has 10 heteroatoms. The van der Waals surface area contributed by atoms with Crippen LogP contribution in [0.1, 0.15) is 18.7 Å². The molecule has 0 saturated heterocycles. The predicted molar refractivity (Wildman–Crippen MR) is 109 cm³/mol. The Morgan fingerprint density at radius 2 is 2.07 bits per heavy atom. The third kappa shape index (κ3) is 3.92. The smallest absolute Gasteiger partial charge is 0.248 e. The summed E-state index contributed by atoms with van der Waals surface area (Å²) in [4.78, 5) is 26.2. The standard InChI is InChI=1S/C19H18N8OS/c1-11-21-18(26-25-11)24-19-23-16(10-15-20-8-9-27(15)19)29-14-6-4-13(5-7-14)22-17(28)12-2-3-12/h4-10,12H,2-3H2,1H3,(H,22,28)(H2,21,23,24,25,26). The maximum Gasteiger partial charge on any atom is 0.248 e. The molecular formula is C19H18N8OS. The first-order chi connectivity index (χ1) is 14.1. The molecule has 0 spiro atoms. The van der Waals surface area contributed by atoms with Crippen molar-refractivity contribution in [3.8, 4) is 0 Å². The Hall–Kier alpha value is -3.40. The fourth-order valence-electron chi connectivity index (χ4n) is 2.86. The van der Waals surface area contributed by atoms with Crippen LogP contribution in [-0.2, 0) is 4.79 Å². The predicted octanol–water partition coefficient (Wildman–Crippen LogP) is 3.40. The molecule has 4 aromatic rings. The van der Waals surface area contributed by atoms with Crippen LogP contribution in [0.15, 0.2) is 52.6 Å². The quantitative estimate of drug-likeness (QED) is 0.421. The minimum absolute atomic E-state index is 0.106. The lowest BCUT2D eigenvalue weighted by atomic mass is 10.3. The minimum atomic E-state index is 0.106. The van der Waals surface area contributed by atoms with Crippen molar-refractivity contribution in [2.45, 2.75) is 29.7 Å². The molecule has 3 N–H and O–H groups in total. The van der Waals surface area contributed by atoms with Gasteiger partial charge in [-0.15, -0.1) is 5.10 Å². The molecule has 1 aliphatic carbocycles. The fourth-order valence-corrected chi connectivity index (χ4v) is 3.67. The second-order valence-corrected chi connectivity index (χ2v) is 7.93. The van der Waals surface area contributed by atoms with Gasteiger partial charge in [-0.25, -0.2) is 9.97 Å². The number of hydrogen-bond acceptors (Lipinski definition) is 7. The van der Waals surface area contributed by atoms with Crippen molar-refractivity contribution in [1.29, 1.82) is 0 Å². The Morgan fingerprint density at radius 3 is 2.79 bits per heavy atom. The van der Waals surface area contributed by atoms with Crippen LogP contribution in [0.2, 0.25) is 0 Å². The van der Waals surface area contributed by atoms with Crippen molar-refractivity contribution in [3.63, 3.8) is 0 Å². The summed E-state index contributed by atoms with van der Waals surface area (Å²) in [5.74, 6) is 2.04. The summed E-state index contributed by atoms with van der Waals surface area (Å²) in [6.45, 7) is 1.83. The number of aryl methyl sites for hydroxylation is 1. The van der Waals surface area contributed by atoms with Crippen molar-refractivity contribution < 1.29 is 4.79 Å². The van der Waals surface area contributed by atoms with Crippen LogP contribution < -0.4 is 10.6 Å². The van der Waals surface area contributed by atoms with E-state index in [0.717, 1.165) is 34.1 Å². The molecule has 1 fully saturated rings. The van der Waals surface area contributed by atoms with Gasteiger partial charge >= 0.3 is 0 Å². The SMILES string of the molecule is Cc1nc(Nc2nc(Sc3ccc(NC(=O)C4CC4)cc3)cc3nccn23)n[nH]1. The van der Waals surface area contributed by atoms with Crippen molar-refractivity contribution in [2.75, 3.05) is 10.6 Å². The van der Waals surface area contributed by atoms with E-state index in [0.29, 0.717) is 17.7 Å². The van der Waals surface area contributed by atoms with Gasteiger partial charge in [0.2, 0.25) is 17.8 Å². The summed E-state index contributed by atoms with van der Waals surface area (Å²) in [7, 11) is 0. The zero-order valence-electron chi connectivity index (χ0n) is 15.6. The van der Waals surface area contributed by atoms with E-state index in [1.165, 1.54) is 11.8 Å². The van der Waals surface area contributed by atoms with E-state index in [2.05, 4.69) is 35.8 Å². The molecule has 146 valence electrons. The highest BCUT2D eigenvalue weighted by molar-refractivity contribution is 7.99. The van der Waals surface area contributed by atoms with E-state index < -0.39 is 0 Å². The summed E-state index contributed by atoms with van der Waals surface area (Å²) >= 11 is 1.52. The maximum absolute atomic E-state index is 11.9. The van der Waals surface area contributed by atoms with E-state index >= 15 is 0 Å². The Balaban J connectivity index is 1.36. The fraction of sp³-hybridized carbons (Fsp3) is 0.211. The molecule has 9 nitrogen and oxygen atoms in total. The number of fused-ring (bicyclic) bond motifs is 1. The lowest BCUT2D eigenvalue weighted by Crippen LogP contribution is -2.12. The highest BCUT2D eigenvalue weighted by Crippen LogP contribution is 2.32. The number of imidazole rings is 1. The summed E-state index contributed by atoms with van der Waals surface area (Å²) in [5.41, 5.74) is 1.58. The molecule has 0 bridgehead atoms. The van der Waals surface area contributed by atoms with E-state index in [4.69, 9.17) is 0 Å². The van der Waals surface area contributed by atoms with Crippen LogP contribution in [0.5, 0.6) is 0 Å². The lowest BCUT2D eigenvalue weighted by molar-refractivity contribution is -0.117. The normalized spacial score (nSPS) is 13.6. The van der Waals surface area contributed by atoms with Gasteiger partial charge in [0.15, 0.2) is 0 Å². The van der Waals surface area contributed by atoms with Crippen molar-refractivity contribution in [3.05, 3.63) is 48.5 Å². The molecule has 3 aromatic heterocycles. The van der Waals surface area contributed by atoms with Gasteiger partial charge in [-0.3, -0.25) is 19.6 Å². The molecular weight excluding hydrogens is 388 g/mol. The Morgan fingerprint density at radius 1 is 1.24 bits per heavy atom. The second-order valence-electron chi connectivity index (χ2n) is 6.83. The van der Waals surface area contributed by atoms with Gasteiger partial charge in [0.1, 0.15) is 16.5 Å². The first-order valence-electron chi connectivity index (χ1n) is 9.23. The van der Waals surface area contributed by atoms with Crippen LogP contribution >= 0.6 is 11.8 Å². The molecule has 5 rings (SSSR count). The third-order valence-corrected chi connectivity index (χ3v) is 5.41. The first-order valence-corrected chi connectivity index (χ1v) is 10.0. The van der Waals surface area contributed by atoms with E-state index in [9.17, 15) is 4.79 Å². The molecule has 1 amide bonds. The Kier molecular flexibility index (Phi) is 4.39. The minimum Gasteiger partial charge on any atom is -0.326 e. The molecule has 29 heavy (non-hydrogen) atoms. The third-order valence-electron chi connectivity index (χ3n) is 4.48. The number of H-pyrrole nitrogens is 1. The summed E-state index contributed by atoms with van der Waals surface area (Å²) < 4.78 is 1.84. The van der Waals surface area contributed by atoms with Gasteiger partial charge in [0.25, 0.3) is 0 Å². The van der Waals surface area contributed by atoms with Crippen LogP contribution in [0.25, 0.3) is 5.65 Å². The number of amides is 1. The summed E-state index contributed by atoms with van der Waals surface area (Å²) in [6.07, 6.45) is 5.53. The van der Waals surface area contributed by atoms with Crippen molar-refractivity contribution in [1.82, 2.24) is 29.5 Å². The van der Waals surface area contributed by atoms with E-state index in [1.807, 2.05) is 47.9 Å². The number of aromatic nitrogens is 6. The van der Waals surface area contributed by atoms with Crippen LogP contribution in [0, 0.1) is 12.8 Å². The molecule has 0 aliphatic heterocycles. The number of carbonyl (C=O) groups is 1. The molecule has 1 aliphatic rings.